The zero-order valence-corrected chi connectivity index (χ0v) is 10.8. The fraction of sp³-hybridized carbons (Fsp3) is 0.462. The number of hydrogen-bond donors (Lipinski definition) is 2. The molecule has 0 heterocycles. The van der Waals surface area contributed by atoms with E-state index in [1.54, 1.807) is 24.3 Å². The Kier molecular flexibility index (Phi) is 12.5. The Bertz CT molecular complexity index is 260. The minimum atomic E-state index is -1.06. The number of nitrogens with one attached hydrogen (secondary N) is 1. The summed E-state index contributed by atoms with van der Waals surface area (Å²) >= 11 is 0. The van der Waals surface area contributed by atoms with Crippen molar-refractivity contribution < 1.29 is 9.90 Å². The molecule has 0 aliphatic carbocycles. The van der Waals surface area contributed by atoms with Crippen LogP contribution < -0.4 is 5.32 Å². The van der Waals surface area contributed by atoms with Crippen LogP contribution in [0.2, 0.25) is 0 Å². The van der Waals surface area contributed by atoms with E-state index < -0.39 is 6.10 Å². The van der Waals surface area contributed by atoms with E-state index in [1.165, 1.54) is 7.05 Å². The van der Waals surface area contributed by atoms with E-state index in [0.717, 1.165) is 0 Å². The smallest absolute Gasteiger partial charge is 0.253 e. The van der Waals surface area contributed by atoms with Gasteiger partial charge in [0.15, 0.2) is 6.10 Å². The molecule has 0 aromatic heterocycles. The zero-order chi connectivity index (χ0) is 13.0. The predicted octanol–water partition coefficient (Wildman–Crippen LogP) is 2.52. The van der Waals surface area contributed by atoms with Crippen LogP contribution in [0.1, 0.15) is 39.4 Å². The second-order valence-corrected chi connectivity index (χ2v) is 2.43. The van der Waals surface area contributed by atoms with E-state index in [9.17, 15) is 9.90 Å². The summed E-state index contributed by atoms with van der Waals surface area (Å²) in [5.74, 6) is -0.388. The lowest BCUT2D eigenvalue weighted by Gasteiger charge is -2.07. The van der Waals surface area contributed by atoms with Crippen molar-refractivity contribution in [1.29, 1.82) is 0 Å². The minimum absolute atomic E-state index is 0.388. The normalized spacial score (nSPS) is 9.88. The molecule has 1 aromatic rings. The number of carbonyl (C=O) groups is 1. The fourth-order valence-electron chi connectivity index (χ4n) is 0.923. The molecule has 3 heteroatoms. The van der Waals surface area contributed by atoms with Crippen molar-refractivity contribution in [3.8, 4) is 0 Å². The van der Waals surface area contributed by atoms with E-state index in [1.807, 2.05) is 33.8 Å². The van der Waals surface area contributed by atoms with Crippen molar-refractivity contribution in [2.24, 2.45) is 0 Å². The maximum absolute atomic E-state index is 11.0. The molecule has 0 fully saturated rings. The van der Waals surface area contributed by atoms with Crippen molar-refractivity contribution in [2.75, 3.05) is 7.05 Å². The van der Waals surface area contributed by atoms with E-state index in [-0.39, 0.29) is 5.91 Å². The second-order valence-electron chi connectivity index (χ2n) is 2.43. The van der Waals surface area contributed by atoms with Crippen LogP contribution in [0.15, 0.2) is 30.3 Å². The minimum Gasteiger partial charge on any atom is -0.378 e. The highest BCUT2D eigenvalue weighted by molar-refractivity contribution is 5.81. The van der Waals surface area contributed by atoms with Gasteiger partial charge in [-0.1, -0.05) is 58.0 Å². The molecule has 0 bridgehead atoms. The lowest BCUT2D eigenvalue weighted by Crippen LogP contribution is -2.25. The largest absolute Gasteiger partial charge is 0.378 e. The molecule has 92 valence electrons. The summed E-state index contributed by atoms with van der Waals surface area (Å²) in [7, 11) is 1.49. The van der Waals surface area contributed by atoms with E-state index in [2.05, 4.69) is 5.32 Å². The molecule has 16 heavy (non-hydrogen) atoms. The van der Waals surface area contributed by atoms with Gasteiger partial charge in [0.2, 0.25) is 0 Å². The molecule has 2 N–H and O–H groups in total. The third-order valence-corrected chi connectivity index (χ3v) is 1.61. The highest BCUT2D eigenvalue weighted by Crippen LogP contribution is 2.10. The lowest BCUT2D eigenvalue weighted by atomic mass is 10.1. The molecule has 1 aromatic carbocycles. The van der Waals surface area contributed by atoms with Crippen LogP contribution >= 0.6 is 0 Å². The first kappa shape index (κ1) is 17.1. The number of amides is 1. The number of rotatable bonds is 2. The Hall–Kier alpha value is -1.35. The highest BCUT2D eigenvalue weighted by Gasteiger charge is 2.14. The van der Waals surface area contributed by atoms with Gasteiger partial charge in [0, 0.05) is 7.05 Å². The third kappa shape index (κ3) is 6.19. The molecule has 0 spiro atoms. The first-order valence-electron chi connectivity index (χ1n) is 5.70. The van der Waals surface area contributed by atoms with Gasteiger partial charge >= 0.3 is 0 Å². The molecule has 3 nitrogen and oxygen atoms in total. The van der Waals surface area contributed by atoms with Crippen molar-refractivity contribution in [3.05, 3.63) is 35.9 Å². The van der Waals surface area contributed by atoms with Gasteiger partial charge in [0.05, 0.1) is 0 Å². The molecule has 1 amide bonds. The Labute approximate surface area is 98.5 Å². The number of aliphatic hydroxyl groups is 1. The van der Waals surface area contributed by atoms with Crippen LogP contribution in [0.25, 0.3) is 0 Å². The maximum atomic E-state index is 11.0. The summed E-state index contributed by atoms with van der Waals surface area (Å²) in [6.07, 6.45) is -1.06. The van der Waals surface area contributed by atoms with Gasteiger partial charge in [-0.15, -0.1) is 0 Å². The molecule has 0 radical (unpaired) electrons. The fourth-order valence-corrected chi connectivity index (χ4v) is 0.923. The molecule has 1 rings (SSSR count). The van der Waals surface area contributed by atoms with Gasteiger partial charge in [-0.05, 0) is 5.56 Å². The SMILES string of the molecule is CC.CC.CNC(=O)C(O)c1ccccc1. The van der Waals surface area contributed by atoms with Crippen LogP contribution in [0.5, 0.6) is 0 Å². The lowest BCUT2D eigenvalue weighted by molar-refractivity contribution is -0.129. The van der Waals surface area contributed by atoms with Crippen molar-refractivity contribution in [1.82, 2.24) is 5.32 Å². The summed E-state index contributed by atoms with van der Waals surface area (Å²) < 4.78 is 0. The highest BCUT2D eigenvalue weighted by atomic mass is 16.3. The zero-order valence-electron chi connectivity index (χ0n) is 10.8. The molecule has 0 saturated heterocycles. The number of hydrogen-bond acceptors (Lipinski definition) is 2. The molecule has 0 aliphatic rings. The summed E-state index contributed by atoms with van der Waals surface area (Å²) in [6.45, 7) is 8.00. The van der Waals surface area contributed by atoms with Crippen LogP contribution in [0.3, 0.4) is 0 Å². The Morgan fingerprint density at radius 1 is 1.12 bits per heavy atom. The van der Waals surface area contributed by atoms with Crippen LogP contribution in [-0.2, 0) is 4.79 Å². The van der Waals surface area contributed by atoms with Gasteiger partial charge < -0.3 is 10.4 Å². The van der Waals surface area contributed by atoms with Gasteiger partial charge in [-0.2, -0.15) is 0 Å². The monoisotopic (exact) mass is 225 g/mol. The molecular formula is C13H23NO2. The van der Waals surface area contributed by atoms with Gasteiger partial charge in [-0.25, -0.2) is 0 Å². The second kappa shape index (κ2) is 11.7. The number of likely N-dealkylation sites (N-methyl/N-ethyl adjacent to an activating group) is 1. The Morgan fingerprint density at radius 3 is 1.94 bits per heavy atom. The van der Waals surface area contributed by atoms with Crippen molar-refractivity contribution >= 4 is 5.91 Å². The van der Waals surface area contributed by atoms with E-state index in [0.29, 0.717) is 5.56 Å². The molecule has 0 saturated carbocycles. The predicted molar refractivity (Wildman–Crippen MR) is 68.2 cm³/mol. The number of benzene rings is 1. The average Bonchev–Trinajstić information content (AvgIpc) is 2.42. The Morgan fingerprint density at radius 2 is 1.56 bits per heavy atom. The summed E-state index contributed by atoms with van der Waals surface area (Å²) in [6, 6.07) is 8.81. The quantitative estimate of drug-likeness (QED) is 0.812. The van der Waals surface area contributed by atoms with E-state index in [4.69, 9.17) is 0 Å². The molecule has 1 atom stereocenters. The molecule has 0 aliphatic heterocycles. The van der Waals surface area contributed by atoms with Crippen LogP contribution in [0, 0.1) is 0 Å². The molecule has 1 unspecified atom stereocenters. The standard InChI is InChI=1S/C9H11NO2.2C2H6/c1-10-9(12)8(11)7-5-3-2-4-6-7;2*1-2/h2-6,8,11H,1H3,(H,10,12);2*1-2H3. The summed E-state index contributed by atoms with van der Waals surface area (Å²) in [4.78, 5) is 11.0. The summed E-state index contributed by atoms with van der Waals surface area (Å²) in [5.41, 5.74) is 0.608. The summed E-state index contributed by atoms with van der Waals surface area (Å²) in [5, 5.41) is 11.8. The van der Waals surface area contributed by atoms with Crippen molar-refractivity contribution in [2.45, 2.75) is 33.8 Å². The topological polar surface area (TPSA) is 49.3 Å². The van der Waals surface area contributed by atoms with E-state index >= 15 is 0 Å². The number of aliphatic hydroxyl groups excluding tert-OH is 1. The van der Waals surface area contributed by atoms with Crippen LogP contribution in [0.4, 0.5) is 0 Å². The first-order valence-corrected chi connectivity index (χ1v) is 5.70. The Balaban J connectivity index is 0. The number of carbonyl (C=O) groups excluding carboxylic acids is 1. The van der Waals surface area contributed by atoms with Crippen LogP contribution in [-0.4, -0.2) is 18.1 Å². The third-order valence-electron chi connectivity index (χ3n) is 1.61. The van der Waals surface area contributed by atoms with Gasteiger partial charge in [-0.3, -0.25) is 4.79 Å². The van der Waals surface area contributed by atoms with Gasteiger partial charge in [0.25, 0.3) is 5.91 Å². The maximum Gasteiger partial charge on any atom is 0.253 e. The average molecular weight is 225 g/mol. The first-order chi connectivity index (χ1) is 7.75. The van der Waals surface area contributed by atoms with Gasteiger partial charge in [0.1, 0.15) is 0 Å². The molecular weight excluding hydrogens is 202 g/mol. The van der Waals surface area contributed by atoms with Crippen molar-refractivity contribution in [3.63, 3.8) is 0 Å².